The summed E-state index contributed by atoms with van der Waals surface area (Å²) in [6, 6.07) is 11.3. The summed E-state index contributed by atoms with van der Waals surface area (Å²) in [5.41, 5.74) is 1.08. The van der Waals surface area contributed by atoms with Crippen LogP contribution in [0.15, 0.2) is 48.8 Å². The molecule has 1 aliphatic heterocycles. The lowest BCUT2D eigenvalue weighted by atomic mass is 10.0. The molecule has 3 aromatic rings. The first-order valence-corrected chi connectivity index (χ1v) is 9.29. The summed E-state index contributed by atoms with van der Waals surface area (Å²) >= 11 is 0. The Kier molecular flexibility index (Phi) is 3.81. The van der Waals surface area contributed by atoms with E-state index in [1.807, 2.05) is 29.8 Å². The highest BCUT2D eigenvalue weighted by Crippen LogP contribution is 2.54. The van der Waals surface area contributed by atoms with Crippen molar-refractivity contribution in [3.05, 3.63) is 76.9 Å². The third kappa shape index (κ3) is 2.90. The van der Waals surface area contributed by atoms with Crippen molar-refractivity contribution >= 4 is 11.6 Å². The Balaban J connectivity index is 1.44. The fourth-order valence-corrected chi connectivity index (χ4v) is 4.21. The number of fused-ring (bicyclic) bond motifs is 1. The van der Waals surface area contributed by atoms with Gasteiger partial charge in [-0.25, -0.2) is 0 Å². The number of amides is 1. The first kappa shape index (κ1) is 17.9. The van der Waals surface area contributed by atoms with E-state index in [4.69, 9.17) is 0 Å². The van der Waals surface area contributed by atoms with Gasteiger partial charge >= 0.3 is 6.18 Å². The summed E-state index contributed by atoms with van der Waals surface area (Å²) in [5, 5.41) is 8.09. The Morgan fingerprint density at radius 2 is 1.90 bits per heavy atom. The number of nitrogens with zero attached hydrogens (tertiary/aromatic N) is 4. The van der Waals surface area contributed by atoms with Crippen LogP contribution >= 0.6 is 0 Å². The first-order valence-electron chi connectivity index (χ1n) is 9.29. The Bertz CT molecular complexity index is 1120. The minimum Gasteiger partial charge on any atom is -0.320 e. The zero-order valence-electron chi connectivity index (χ0n) is 15.5. The Morgan fingerprint density at radius 3 is 2.62 bits per heavy atom. The van der Waals surface area contributed by atoms with Crippen LogP contribution in [0.5, 0.6) is 0 Å². The second kappa shape index (κ2) is 6.17. The number of carbonyl (C=O) groups is 1. The van der Waals surface area contributed by atoms with Crippen LogP contribution in [-0.4, -0.2) is 20.7 Å². The molecular weight excluding hydrogens is 381 g/mol. The lowest BCUT2D eigenvalue weighted by Crippen LogP contribution is -2.23. The maximum absolute atomic E-state index is 13.3. The summed E-state index contributed by atoms with van der Waals surface area (Å²) in [7, 11) is 1.90. The van der Waals surface area contributed by atoms with Gasteiger partial charge in [0.1, 0.15) is 12.2 Å². The number of hydrogen-bond donors (Lipinski definition) is 0. The van der Waals surface area contributed by atoms with Crippen LogP contribution in [0, 0.1) is 0 Å². The monoisotopic (exact) mass is 398 g/mol. The normalized spacial score (nSPS) is 20.8. The van der Waals surface area contributed by atoms with Crippen LogP contribution in [0.25, 0.3) is 0 Å². The second-order valence-electron chi connectivity index (χ2n) is 7.56. The topological polar surface area (TPSA) is 51.0 Å². The molecule has 2 atom stereocenters. The summed E-state index contributed by atoms with van der Waals surface area (Å²) in [6.45, 7) is -0.0787. The standard InChI is InChI=1S/C21H17F3N4O/c1-27-11-25-26-19(27)16-9-15(16)12-4-2-5-13(8-12)28-10-17-14(20(28)29)6-3-7-18(17)21(22,23)24/h2-8,11,15-16H,9-10H2,1H3/t15-,16-/m1/s1. The number of anilines is 1. The fourth-order valence-electron chi connectivity index (χ4n) is 4.21. The van der Waals surface area contributed by atoms with Gasteiger partial charge in [-0.1, -0.05) is 18.2 Å². The van der Waals surface area contributed by atoms with Crippen molar-refractivity contribution in [3.8, 4) is 0 Å². The molecule has 148 valence electrons. The number of halogens is 3. The molecule has 0 saturated heterocycles. The van der Waals surface area contributed by atoms with E-state index in [1.54, 1.807) is 12.4 Å². The van der Waals surface area contributed by atoms with E-state index in [0.717, 1.165) is 23.9 Å². The molecule has 1 amide bonds. The third-order valence-corrected chi connectivity index (χ3v) is 5.75. The van der Waals surface area contributed by atoms with Crippen molar-refractivity contribution in [2.75, 3.05) is 4.90 Å². The van der Waals surface area contributed by atoms with Crippen LogP contribution in [0.4, 0.5) is 18.9 Å². The summed E-state index contributed by atoms with van der Waals surface area (Å²) in [6.07, 6.45) is -1.89. The van der Waals surface area contributed by atoms with Crippen LogP contribution in [-0.2, 0) is 19.8 Å². The number of carbonyl (C=O) groups excluding carboxylic acids is 1. The molecule has 2 aliphatic rings. The van der Waals surface area contributed by atoms with E-state index in [0.29, 0.717) is 5.69 Å². The molecule has 0 unspecified atom stereocenters. The van der Waals surface area contributed by atoms with Gasteiger partial charge in [-0.2, -0.15) is 13.2 Å². The molecule has 0 N–H and O–H groups in total. The minimum atomic E-state index is -4.49. The van der Waals surface area contributed by atoms with E-state index in [9.17, 15) is 18.0 Å². The Morgan fingerprint density at radius 1 is 1.10 bits per heavy atom. The van der Waals surface area contributed by atoms with Crippen LogP contribution < -0.4 is 4.90 Å². The quantitative estimate of drug-likeness (QED) is 0.662. The fraction of sp³-hybridized carbons (Fsp3) is 0.286. The van der Waals surface area contributed by atoms with Crippen molar-refractivity contribution < 1.29 is 18.0 Å². The van der Waals surface area contributed by atoms with Gasteiger partial charge in [0, 0.05) is 24.2 Å². The molecule has 1 fully saturated rings. The van der Waals surface area contributed by atoms with Gasteiger partial charge in [-0.15, -0.1) is 10.2 Å². The van der Waals surface area contributed by atoms with E-state index >= 15 is 0 Å². The van der Waals surface area contributed by atoms with Gasteiger partial charge in [0.25, 0.3) is 5.91 Å². The number of alkyl halides is 3. The highest BCUT2D eigenvalue weighted by Gasteiger charge is 2.43. The highest BCUT2D eigenvalue weighted by molar-refractivity contribution is 6.10. The molecule has 0 bridgehead atoms. The summed E-state index contributed by atoms with van der Waals surface area (Å²) < 4.78 is 41.9. The van der Waals surface area contributed by atoms with E-state index in [-0.39, 0.29) is 29.5 Å². The molecule has 0 radical (unpaired) electrons. The van der Waals surface area contributed by atoms with E-state index in [2.05, 4.69) is 10.2 Å². The van der Waals surface area contributed by atoms with Crippen LogP contribution in [0.3, 0.4) is 0 Å². The van der Waals surface area contributed by atoms with Crippen LogP contribution in [0.1, 0.15) is 51.1 Å². The first-order chi connectivity index (χ1) is 13.8. The predicted molar refractivity (Wildman–Crippen MR) is 99.5 cm³/mol. The molecule has 8 heteroatoms. The number of benzene rings is 2. The van der Waals surface area contributed by atoms with Gasteiger partial charge in [-0.05, 0) is 47.7 Å². The third-order valence-electron chi connectivity index (χ3n) is 5.75. The molecule has 2 heterocycles. The zero-order chi connectivity index (χ0) is 20.3. The maximum Gasteiger partial charge on any atom is 0.416 e. The van der Waals surface area contributed by atoms with Gasteiger partial charge in [0.05, 0.1) is 12.1 Å². The van der Waals surface area contributed by atoms with E-state index in [1.165, 1.54) is 17.0 Å². The average molecular weight is 398 g/mol. The molecule has 1 aliphatic carbocycles. The smallest absolute Gasteiger partial charge is 0.320 e. The minimum absolute atomic E-state index is 0.0405. The SMILES string of the molecule is Cn1cnnc1[C@@H]1C[C@@H]1c1cccc(N2Cc3c(cccc3C(F)(F)F)C2=O)c1. The number of aryl methyl sites for hydroxylation is 1. The van der Waals surface area contributed by atoms with Crippen molar-refractivity contribution in [1.29, 1.82) is 0 Å². The lowest BCUT2D eigenvalue weighted by molar-refractivity contribution is -0.138. The van der Waals surface area contributed by atoms with Crippen molar-refractivity contribution in [2.45, 2.75) is 31.0 Å². The van der Waals surface area contributed by atoms with Gasteiger partial charge in [0.2, 0.25) is 0 Å². The van der Waals surface area contributed by atoms with Crippen molar-refractivity contribution in [2.24, 2.45) is 7.05 Å². The second-order valence-corrected chi connectivity index (χ2v) is 7.56. The summed E-state index contributed by atoms with van der Waals surface area (Å²) in [4.78, 5) is 14.2. The lowest BCUT2D eigenvalue weighted by Gasteiger charge is -2.17. The predicted octanol–water partition coefficient (Wildman–Crippen LogP) is 4.27. The number of hydrogen-bond acceptors (Lipinski definition) is 3. The molecule has 29 heavy (non-hydrogen) atoms. The molecular formula is C21H17F3N4O. The number of rotatable bonds is 3. The van der Waals surface area contributed by atoms with Gasteiger partial charge in [0.15, 0.2) is 0 Å². The molecule has 5 rings (SSSR count). The summed E-state index contributed by atoms with van der Waals surface area (Å²) in [5.74, 6) is 1.05. The number of aromatic nitrogens is 3. The highest BCUT2D eigenvalue weighted by atomic mass is 19.4. The molecule has 5 nitrogen and oxygen atoms in total. The molecule has 0 spiro atoms. The maximum atomic E-state index is 13.3. The Hall–Kier alpha value is -3.16. The van der Waals surface area contributed by atoms with Crippen molar-refractivity contribution in [3.63, 3.8) is 0 Å². The van der Waals surface area contributed by atoms with Gasteiger partial charge < -0.3 is 9.47 Å². The molecule has 1 saturated carbocycles. The zero-order valence-corrected chi connectivity index (χ0v) is 15.5. The van der Waals surface area contributed by atoms with E-state index < -0.39 is 17.6 Å². The average Bonchev–Trinajstić information content (AvgIpc) is 3.25. The molecule has 2 aromatic carbocycles. The van der Waals surface area contributed by atoms with Gasteiger partial charge in [-0.3, -0.25) is 4.79 Å². The Labute approximate surface area is 164 Å². The van der Waals surface area contributed by atoms with Crippen LogP contribution in [0.2, 0.25) is 0 Å². The molecule has 1 aromatic heterocycles. The van der Waals surface area contributed by atoms with Crippen molar-refractivity contribution in [1.82, 2.24) is 14.8 Å². The largest absolute Gasteiger partial charge is 0.416 e.